The van der Waals surface area contributed by atoms with Crippen molar-refractivity contribution in [3.63, 3.8) is 0 Å². The first-order chi connectivity index (χ1) is 8.49. The highest BCUT2D eigenvalue weighted by Crippen LogP contribution is 2.32. The molecule has 0 unspecified atom stereocenters. The topological polar surface area (TPSA) is 50.2 Å². The first-order valence-electron chi connectivity index (χ1n) is 5.49. The van der Waals surface area contributed by atoms with Crippen LogP contribution < -0.4 is 0 Å². The standard InChI is InChI=1S/C13H12BrNO2S/c1-7(2)10-11(13(16)17)18-12(15-10)8-4-3-5-9(14)6-8/h3-7H,1-2H3,(H,16,17). The summed E-state index contributed by atoms with van der Waals surface area (Å²) in [6, 6.07) is 7.71. The van der Waals surface area contributed by atoms with Gasteiger partial charge in [0, 0.05) is 10.0 Å². The van der Waals surface area contributed by atoms with E-state index in [0.29, 0.717) is 10.6 Å². The Morgan fingerprint density at radius 3 is 2.67 bits per heavy atom. The summed E-state index contributed by atoms with van der Waals surface area (Å²) in [5.41, 5.74) is 1.59. The number of aromatic nitrogens is 1. The Kier molecular flexibility index (Phi) is 3.82. The Labute approximate surface area is 118 Å². The molecule has 1 N–H and O–H groups in total. The van der Waals surface area contributed by atoms with Crippen LogP contribution >= 0.6 is 27.3 Å². The van der Waals surface area contributed by atoms with Crippen LogP contribution in [0.2, 0.25) is 0 Å². The lowest BCUT2D eigenvalue weighted by Gasteiger charge is -2.00. The molecule has 1 aromatic heterocycles. The van der Waals surface area contributed by atoms with E-state index in [1.165, 1.54) is 11.3 Å². The van der Waals surface area contributed by atoms with Gasteiger partial charge in [0.25, 0.3) is 0 Å². The van der Waals surface area contributed by atoms with Crippen molar-refractivity contribution in [2.75, 3.05) is 0 Å². The maximum Gasteiger partial charge on any atom is 0.347 e. The number of thiazole rings is 1. The summed E-state index contributed by atoms with van der Waals surface area (Å²) in [4.78, 5) is 16.0. The van der Waals surface area contributed by atoms with Gasteiger partial charge in [-0.3, -0.25) is 0 Å². The van der Waals surface area contributed by atoms with Crippen LogP contribution in [0.4, 0.5) is 0 Å². The molecule has 94 valence electrons. The molecule has 0 aliphatic rings. The minimum atomic E-state index is -0.905. The van der Waals surface area contributed by atoms with Crippen LogP contribution in [0.15, 0.2) is 28.7 Å². The number of nitrogens with zero attached hydrogens (tertiary/aromatic N) is 1. The fraction of sp³-hybridized carbons (Fsp3) is 0.231. The predicted octanol–water partition coefficient (Wildman–Crippen LogP) is 4.39. The van der Waals surface area contributed by atoms with Gasteiger partial charge in [0.05, 0.1) is 5.69 Å². The Morgan fingerprint density at radius 1 is 1.44 bits per heavy atom. The zero-order valence-corrected chi connectivity index (χ0v) is 12.4. The van der Waals surface area contributed by atoms with E-state index in [-0.39, 0.29) is 5.92 Å². The SMILES string of the molecule is CC(C)c1nc(-c2cccc(Br)c2)sc1C(=O)O. The molecule has 2 aromatic rings. The number of carbonyl (C=O) groups is 1. The van der Waals surface area contributed by atoms with Gasteiger partial charge in [-0.15, -0.1) is 11.3 Å². The van der Waals surface area contributed by atoms with Crippen LogP contribution in [0, 0.1) is 0 Å². The van der Waals surface area contributed by atoms with Gasteiger partial charge in [-0.05, 0) is 18.1 Å². The number of halogens is 1. The molecule has 0 aliphatic heterocycles. The maximum absolute atomic E-state index is 11.2. The van der Waals surface area contributed by atoms with Crippen LogP contribution in [0.3, 0.4) is 0 Å². The number of rotatable bonds is 3. The molecule has 1 heterocycles. The number of benzene rings is 1. The van der Waals surface area contributed by atoms with Crippen molar-refractivity contribution in [3.05, 3.63) is 39.3 Å². The van der Waals surface area contributed by atoms with E-state index in [1.807, 2.05) is 38.1 Å². The van der Waals surface area contributed by atoms with E-state index in [4.69, 9.17) is 0 Å². The van der Waals surface area contributed by atoms with Crippen molar-refractivity contribution in [2.24, 2.45) is 0 Å². The van der Waals surface area contributed by atoms with Crippen molar-refractivity contribution in [2.45, 2.75) is 19.8 Å². The molecule has 0 atom stereocenters. The summed E-state index contributed by atoms with van der Waals surface area (Å²) in [6.07, 6.45) is 0. The summed E-state index contributed by atoms with van der Waals surface area (Å²) in [5.74, 6) is -0.800. The zero-order valence-electron chi connectivity index (χ0n) is 9.98. The highest BCUT2D eigenvalue weighted by atomic mass is 79.9. The third-order valence-corrected chi connectivity index (χ3v) is 4.07. The first-order valence-corrected chi connectivity index (χ1v) is 7.10. The normalized spacial score (nSPS) is 10.9. The molecule has 0 aliphatic carbocycles. The Morgan fingerprint density at radius 2 is 2.17 bits per heavy atom. The maximum atomic E-state index is 11.2. The van der Waals surface area contributed by atoms with Gasteiger partial charge in [0.1, 0.15) is 9.88 Å². The van der Waals surface area contributed by atoms with Crippen molar-refractivity contribution < 1.29 is 9.90 Å². The van der Waals surface area contributed by atoms with Gasteiger partial charge in [-0.1, -0.05) is 41.9 Å². The molecular weight excluding hydrogens is 314 g/mol. The Bertz CT molecular complexity index is 592. The number of aromatic carboxylic acids is 1. The van der Waals surface area contributed by atoms with E-state index in [1.54, 1.807) is 0 Å². The summed E-state index contributed by atoms with van der Waals surface area (Å²) < 4.78 is 0.957. The van der Waals surface area contributed by atoms with Crippen molar-refractivity contribution in [1.29, 1.82) is 0 Å². The van der Waals surface area contributed by atoms with Gasteiger partial charge in [-0.2, -0.15) is 0 Å². The van der Waals surface area contributed by atoms with Gasteiger partial charge < -0.3 is 5.11 Å². The smallest absolute Gasteiger partial charge is 0.347 e. The first kappa shape index (κ1) is 13.2. The molecule has 0 saturated heterocycles. The minimum Gasteiger partial charge on any atom is -0.477 e. The predicted molar refractivity (Wildman–Crippen MR) is 76.3 cm³/mol. The van der Waals surface area contributed by atoms with Crippen molar-refractivity contribution in [3.8, 4) is 10.6 Å². The Balaban J connectivity index is 2.53. The Hall–Kier alpha value is -1.20. The lowest BCUT2D eigenvalue weighted by molar-refractivity contribution is 0.0700. The number of hydrogen-bond acceptors (Lipinski definition) is 3. The van der Waals surface area contributed by atoms with Crippen molar-refractivity contribution in [1.82, 2.24) is 4.98 Å². The molecular formula is C13H12BrNO2S. The molecule has 2 rings (SSSR count). The quantitative estimate of drug-likeness (QED) is 0.910. The van der Waals surface area contributed by atoms with E-state index in [0.717, 1.165) is 15.0 Å². The van der Waals surface area contributed by atoms with E-state index >= 15 is 0 Å². The molecule has 3 nitrogen and oxygen atoms in total. The second kappa shape index (κ2) is 5.20. The van der Waals surface area contributed by atoms with Crippen LogP contribution in [-0.2, 0) is 0 Å². The third-order valence-electron chi connectivity index (χ3n) is 2.47. The van der Waals surface area contributed by atoms with Gasteiger partial charge >= 0.3 is 5.97 Å². The summed E-state index contributed by atoms with van der Waals surface area (Å²) >= 11 is 4.63. The van der Waals surface area contributed by atoms with Gasteiger partial charge in [0.15, 0.2) is 0 Å². The fourth-order valence-corrected chi connectivity index (χ4v) is 3.08. The van der Waals surface area contributed by atoms with Gasteiger partial charge in [-0.25, -0.2) is 9.78 Å². The summed E-state index contributed by atoms with van der Waals surface area (Å²) in [6.45, 7) is 3.90. The molecule has 0 spiro atoms. The lowest BCUT2D eigenvalue weighted by Crippen LogP contribution is -2.00. The van der Waals surface area contributed by atoms with Gasteiger partial charge in [0.2, 0.25) is 0 Å². The average Bonchev–Trinajstić information content (AvgIpc) is 2.73. The van der Waals surface area contributed by atoms with E-state index in [9.17, 15) is 9.90 Å². The number of carboxylic acids is 1. The minimum absolute atomic E-state index is 0.105. The average molecular weight is 326 g/mol. The third kappa shape index (κ3) is 2.62. The van der Waals surface area contributed by atoms with E-state index in [2.05, 4.69) is 20.9 Å². The molecule has 0 saturated carbocycles. The molecule has 0 amide bonds. The second-order valence-corrected chi connectivity index (χ2v) is 6.12. The molecule has 18 heavy (non-hydrogen) atoms. The fourth-order valence-electron chi connectivity index (χ4n) is 1.62. The summed E-state index contributed by atoms with van der Waals surface area (Å²) in [7, 11) is 0. The number of carboxylic acid groups (broad SMARTS) is 1. The molecule has 1 aromatic carbocycles. The molecule has 0 radical (unpaired) electrons. The molecule has 5 heteroatoms. The lowest BCUT2D eigenvalue weighted by atomic mass is 10.1. The van der Waals surface area contributed by atoms with Crippen LogP contribution in [0.1, 0.15) is 35.1 Å². The second-order valence-electron chi connectivity index (χ2n) is 4.20. The highest BCUT2D eigenvalue weighted by molar-refractivity contribution is 9.10. The van der Waals surface area contributed by atoms with Crippen LogP contribution in [0.5, 0.6) is 0 Å². The van der Waals surface area contributed by atoms with Crippen molar-refractivity contribution >= 4 is 33.2 Å². The van der Waals surface area contributed by atoms with Crippen LogP contribution in [-0.4, -0.2) is 16.1 Å². The van der Waals surface area contributed by atoms with Crippen LogP contribution in [0.25, 0.3) is 10.6 Å². The molecule has 0 fully saturated rings. The summed E-state index contributed by atoms with van der Waals surface area (Å²) in [5, 5.41) is 9.94. The zero-order chi connectivity index (χ0) is 13.3. The van der Waals surface area contributed by atoms with E-state index < -0.39 is 5.97 Å². The highest BCUT2D eigenvalue weighted by Gasteiger charge is 2.20. The largest absolute Gasteiger partial charge is 0.477 e. The molecule has 0 bridgehead atoms. The monoisotopic (exact) mass is 325 g/mol. The number of hydrogen-bond donors (Lipinski definition) is 1.